The molecular weight excluding hydrogens is 403 g/mol. The van der Waals surface area contributed by atoms with Gasteiger partial charge in [0.25, 0.3) is 5.91 Å². The van der Waals surface area contributed by atoms with E-state index in [0.717, 1.165) is 43.7 Å². The molecule has 7 nitrogen and oxygen atoms in total. The summed E-state index contributed by atoms with van der Waals surface area (Å²) in [4.78, 5) is 23.6. The number of rotatable bonds is 4. The number of halogens is 1. The molecule has 9 heteroatoms. The molecule has 2 aromatic rings. The summed E-state index contributed by atoms with van der Waals surface area (Å²) in [5, 5.41) is 3.33. The van der Waals surface area contributed by atoms with Crippen molar-refractivity contribution in [2.45, 2.75) is 26.2 Å². The van der Waals surface area contributed by atoms with E-state index in [2.05, 4.69) is 27.1 Å². The molecule has 0 bridgehead atoms. The maximum atomic E-state index is 14.1. The van der Waals surface area contributed by atoms with E-state index in [1.165, 1.54) is 12.3 Å². The van der Waals surface area contributed by atoms with Crippen molar-refractivity contribution < 1.29 is 9.18 Å². The van der Waals surface area contributed by atoms with Gasteiger partial charge in [-0.15, -0.1) is 0 Å². The molecule has 5 N–H and O–H groups in total. The average Bonchev–Trinajstić information content (AvgIpc) is 2.99. The third-order valence-corrected chi connectivity index (χ3v) is 6.07. The number of aromatic nitrogens is 1. The summed E-state index contributed by atoms with van der Waals surface area (Å²) in [6.45, 7) is 3.93. The molecule has 0 aliphatic carbocycles. The number of carbonyl (C=O) groups excluding carboxylic acids is 1. The van der Waals surface area contributed by atoms with Crippen LogP contribution in [0.25, 0.3) is 10.6 Å². The summed E-state index contributed by atoms with van der Waals surface area (Å²) in [6, 6.07) is 6.24. The van der Waals surface area contributed by atoms with Gasteiger partial charge in [0, 0.05) is 31.9 Å². The SMILES string of the molecule is CN=C(/C(=C\N)NC(=O)c1nc(-c2ccccc2F)sc1N)N1CCC[C@H](C)CC1. The number of nitrogens with one attached hydrogen (secondary N) is 1. The first kappa shape index (κ1) is 21.8. The predicted molar refractivity (Wildman–Crippen MR) is 120 cm³/mol. The number of thiazole rings is 1. The Hall–Kier alpha value is -2.94. The highest BCUT2D eigenvalue weighted by molar-refractivity contribution is 7.19. The lowest BCUT2D eigenvalue weighted by Crippen LogP contribution is -2.40. The van der Waals surface area contributed by atoms with E-state index in [9.17, 15) is 9.18 Å². The standard InChI is InChI=1S/C21H27FN6OS/c1-13-6-5-10-28(11-9-13)19(25-2)16(12-23)26-20(29)17-18(24)30-21(27-17)14-7-3-4-8-15(14)22/h3-4,7-8,12-13H,5-6,9-11,23-24H2,1-2H3,(H,26,29)/b16-12+,25-19?/t13-/m0/s1. The first-order valence-electron chi connectivity index (χ1n) is 9.91. The second kappa shape index (κ2) is 9.71. The number of aliphatic imine (C=N–C) groups is 1. The molecule has 30 heavy (non-hydrogen) atoms. The molecular formula is C21H27FN6OS. The van der Waals surface area contributed by atoms with Crippen LogP contribution in [-0.4, -0.2) is 41.8 Å². The topological polar surface area (TPSA) is 110 Å². The largest absolute Gasteiger partial charge is 0.403 e. The molecule has 0 radical (unpaired) electrons. The fourth-order valence-corrected chi connectivity index (χ4v) is 4.36. The summed E-state index contributed by atoms with van der Waals surface area (Å²) in [7, 11) is 1.67. The number of amides is 1. The second-order valence-corrected chi connectivity index (χ2v) is 8.35. The smallest absolute Gasteiger partial charge is 0.277 e. The Labute approximate surface area is 179 Å². The van der Waals surface area contributed by atoms with Crippen molar-refractivity contribution >= 4 is 28.1 Å². The van der Waals surface area contributed by atoms with Crippen LogP contribution < -0.4 is 16.8 Å². The number of benzene rings is 1. The normalized spacial score (nSPS) is 18.2. The Morgan fingerprint density at radius 1 is 1.37 bits per heavy atom. The molecule has 1 amide bonds. The number of likely N-dealkylation sites (tertiary alicyclic amines) is 1. The van der Waals surface area contributed by atoms with Crippen LogP contribution >= 0.6 is 11.3 Å². The van der Waals surface area contributed by atoms with E-state index in [4.69, 9.17) is 11.5 Å². The lowest BCUT2D eigenvalue weighted by Gasteiger charge is -2.26. The number of hydrogen-bond donors (Lipinski definition) is 3. The van der Waals surface area contributed by atoms with Crippen molar-refractivity contribution in [3.8, 4) is 10.6 Å². The van der Waals surface area contributed by atoms with Crippen LogP contribution in [-0.2, 0) is 0 Å². The van der Waals surface area contributed by atoms with Gasteiger partial charge in [-0.25, -0.2) is 9.37 Å². The molecule has 1 atom stereocenters. The summed E-state index contributed by atoms with van der Waals surface area (Å²) in [5.74, 6) is 0.353. The lowest BCUT2D eigenvalue weighted by atomic mass is 10.0. The number of anilines is 1. The monoisotopic (exact) mass is 430 g/mol. The van der Waals surface area contributed by atoms with Crippen LogP contribution in [0.15, 0.2) is 41.2 Å². The fraction of sp³-hybridized carbons (Fsp3) is 0.381. The Kier molecular flexibility index (Phi) is 7.04. The molecule has 1 aliphatic rings. The minimum atomic E-state index is -0.507. The van der Waals surface area contributed by atoms with Crippen LogP contribution in [0.3, 0.4) is 0 Å². The summed E-state index contributed by atoms with van der Waals surface area (Å²) >= 11 is 1.06. The van der Waals surface area contributed by atoms with Gasteiger partial charge in [0.1, 0.15) is 21.7 Å². The minimum Gasteiger partial charge on any atom is -0.403 e. The molecule has 160 valence electrons. The average molecular weight is 431 g/mol. The maximum Gasteiger partial charge on any atom is 0.277 e. The lowest BCUT2D eigenvalue weighted by molar-refractivity contribution is 0.0964. The zero-order valence-corrected chi connectivity index (χ0v) is 18.0. The van der Waals surface area contributed by atoms with Gasteiger partial charge in [0.05, 0.1) is 5.70 Å². The molecule has 1 aromatic carbocycles. The van der Waals surface area contributed by atoms with Crippen LogP contribution in [0, 0.1) is 11.7 Å². The van der Waals surface area contributed by atoms with E-state index >= 15 is 0 Å². The second-order valence-electron chi connectivity index (χ2n) is 7.32. The zero-order valence-electron chi connectivity index (χ0n) is 17.2. The van der Waals surface area contributed by atoms with E-state index in [0.29, 0.717) is 28.0 Å². The van der Waals surface area contributed by atoms with Gasteiger partial charge in [-0.05, 0) is 37.3 Å². The van der Waals surface area contributed by atoms with Crippen molar-refractivity contribution in [3.05, 3.63) is 47.7 Å². The first-order chi connectivity index (χ1) is 14.4. The van der Waals surface area contributed by atoms with Crippen molar-refractivity contribution in [2.24, 2.45) is 16.6 Å². The molecule has 3 rings (SSSR count). The number of nitrogens with two attached hydrogens (primary N) is 2. The summed E-state index contributed by atoms with van der Waals surface area (Å²) < 4.78 is 14.1. The molecule has 2 heterocycles. The summed E-state index contributed by atoms with van der Waals surface area (Å²) in [5.41, 5.74) is 12.6. The van der Waals surface area contributed by atoms with Crippen molar-refractivity contribution in [2.75, 3.05) is 25.9 Å². The Balaban J connectivity index is 1.79. The fourth-order valence-electron chi connectivity index (χ4n) is 3.51. The highest BCUT2D eigenvalue weighted by Gasteiger charge is 2.24. The van der Waals surface area contributed by atoms with Gasteiger partial charge in [-0.3, -0.25) is 9.79 Å². The third-order valence-electron chi connectivity index (χ3n) is 5.16. The number of nitrogen functional groups attached to an aromatic ring is 1. The van der Waals surface area contributed by atoms with Gasteiger partial charge < -0.3 is 21.7 Å². The predicted octanol–water partition coefficient (Wildman–Crippen LogP) is 3.21. The third kappa shape index (κ3) is 4.79. The van der Waals surface area contributed by atoms with E-state index in [1.54, 1.807) is 25.2 Å². The number of amidine groups is 1. The van der Waals surface area contributed by atoms with Gasteiger partial charge >= 0.3 is 0 Å². The molecule has 1 saturated heterocycles. The van der Waals surface area contributed by atoms with Crippen molar-refractivity contribution in [1.29, 1.82) is 0 Å². The van der Waals surface area contributed by atoms with Crippen LogP contribution in [0.5, 0.6) is 0 Å². The first-order valence-corrected chi connectivity index (χ1v) is 10.7. The Morgan fingerprint density at radius 2 is 2.13 bits per heavy atom. The maximum absolute atomic E-state index is 14.1. The molecule has 1 fully saturated rings. The summed E-state index contributed by atoms with van der Waals surface area (Å²) in [6.07, 6.45) is 4.59. The van der Waals surface area contributed by atoms with Gasteiger partial charge in [-0.1, -0.05) is 30.4 Å². The quantitative estimate of drug-likeness (QED) is 0.510. The highest BCUT2D eigenvalue weighted by atomic mass is 32.1. The van der Waals surface area contributed by atoms with Gasteiger partial charge in [-0.2, -0.15) is 0 Å². The van der Waals surface area contributed by atoms with E-state index < -0.39 is 11.7 Å². The Morgan fingerprint density at radius 3 is 2.83 bits per heavy atom. The molecule has 1 aliphatic heterocycles. The minimum absolute atomic E-state index is 0.0394. The zero-order chi connectivity index (χ0) is 21.7. The molecule has 1 aromatic heterocycles. The molecule has 0 saturated carbocycles. The van der Waals surface area contributed by atoms with Crippen molar-refractivity contribution in [3.63, 3.8) is 0 Å². The number of hydrogen-bond acceptors (Lipinski definition) is 6. The molecule has 0 spiro atoms. The highest BCUT2D eigenvalue weighted by Crippen LogP contribution is 2.31. The number of nitrogens with zero attached hydrogens (tertiary/aromatic N) is 3. The van der Waals surface area contributed by atoms with Crippen LogP contribution in [0.2, 0.25) is 0 Å². The van der Waals surface area contributed by atoms with E-state index in [1.807, 2.05) is 0 Å². The van der Waals surface area contributed by atoms with Gasteiger partial charge in [0.15, 0.2) is 5.69 Å². The number of carbonyl (C=O) groups is 1. The van der Waals surface area contributed by atoms with Crippen LogP contribution in [0.4, 0.5) is 9.39 Å². The molecule has 0 unspecified atom stereocenters. The van der Waals surface area contributed by atoms with Crippen molar-refractivity contribution in [1.82, 2.24) is 15.2 Å². The van der Waals surface area contributed by atoms with Crippen LogP contribution in [0.1, 0.15) is 36.7 Å². The van der Waals surface area contributed by atoms with Gasteiger partial charge in [0.2, 0.25) is 0 Å². The van der Waals surface area contributed by atoms with E-state index in [-0.39, 0.29) is 10.7 Å². The Bertz CT molecular complexity index is 970.